The molecule has 5 rings (SSSR count). The number of rotatable bonds is 4. The Balaban J connectivity index is 1.30. The number of carbonyl (C=O) groups is 3. The van der Waals surface area contributed by atoms with E-state index in [1.165, 1.54) is 24.3 Å². The molecule has 2 aromatic rings. The molecule has 3 fully saturated rings. The van der Waals surface area contributed by atoms with E-state index in [2.05, 4.69) is 26.6 Å². The normalized spacial score (nSPS) is 30.8. The van der Waals surface area contributed by atoms with Crippen LogP contribution in [0.5, 0.6) is 0 Å². The van der Waals surface area contributed by atoms with Gasteiger partial charge in [-0.05, 0) is 54.8 Å². The first-order chi connectivity index (χ1) is 14.4. The van der Waals surface area contributed by atoms with Gasteiger partial charge in [-0.15, -0.1) is 0 Å². The summed E-state index contributed by atoms with van der Waals surface area (Å²) in [6, 6.07) is 12.0. The quantitative estimate of drug-likeness (QED) is 0.525. The third kappa shape index (κ3) is 3.10. The third-order valence-corrected chi connectivity index (χ3v) is 7.52. The van der Waals surface area contributed by atoms with E-state index in [4.69, 9.17) is 4.74 Å². The van der Waals surface area contributed by atoms with Crippen molar-refractivity contribution in [3.05, 3.63) is 59.9 Å². The highest BCUT2D eigenvalue weighted by molar-refractivity contribution is 9.09. The molecule has 2 saturated carbocycles. The van der Waals surface area contributed by atoms with Crippen molar-refractivity contribution in [3.63, 3.8) is 0 Å². The number of alkyl halides is 1. The molecular formula is C22H18BrFN2O4. The Bertz CT molecular complexity index is 1040. The SMILES string of the molecule is O=C(Nc1ccc(F)cc1)c1cccc(NC(=O)[C@@H]2[C@H]3C[C@H]4[C@H](OC(=O)[C@H]42)[C@H]3Br)c1. The van der Waals surface area contributed by atoms with Crippen molar-refractivity contribution in [3.8, 4) is 0 Å². The highest BCUT2D eigenvalue weighted by Gasteiger charge is 2.67. The van der Waals surface area contributed by atoms with Crippen molar-refractivity contribution in [2.24, 2.45) is 23.7 Å². The Morgan fingerprint density at radius 3 is 2.57 bits per heavy atom. The van der Waals surface area contributed by atoms with Gasteiger partial charge in [0.05, 0.1) is 16.7 Å². The van der Waals surface area contributed by atoms with Gasteiger partial charge >= 0.3 is 5.97 Å². The van der Waals surface area contributed by atoms with Gasteiger partial charge in [-0.3, -0.25) is 14.4 Å². The van der Waals surface area contributed by atoms with Gasteiger partial charge in [0.2, 0.25) is 5.91 Å². The first-order valence-electron chi connectivity index (χ1n) is 9.75. The van der Waals surface area contributed by atoms with Crippen LogP contribution in [0.25, 0.3) is 0 Å². The van der Waals surface area contributed by atoms with E-state index in [9.17, 15) is 18.8 Å². The number of nitrogens with one attached hydrogen (secondary N) is 2. The molecular weight excluding hydrogens is 455 g/mol. The molecule has 0 spiro atoms. The van der Waals surface area contributed by atoms with E-state index in [0.29, 0.717) is 16.9 Å². The van der Waals surface area contributed by atoms with Gasteiger partial charge in [0.25, 0.3) is 5.91 Å². The number of ether oxygens (including phenoxy) is 1. The van der Waals surface area contributed by atoms with Gasteiger partial charge < -0.3 is 15.4 Å². The van der Waals surface area contributed by atoms with Gasteiger partial charge in [-0.25, -0.2) is 4.39 Å². The first-order valence-corrected chi connectivity index (χ1v) is 10.7. The first kappa shape index (κ1) is 19.2. The molecule has 1 saturated heterocycles. The molecule has 2 aromatic carbocycles. The second-order valence-corrected chi connectivity index (χ2v) is 9.05. The summed E-state index contributed by atoms with van der Waals surface area (Å²) in [6.07, 6.45) is 0.671. The van der Waals surface area contributed by atoms with Gasteiger partial charge in [-0.2, -0.15) is 0 Å². The number of halogens is 2. The molecule has 1 heterocycles. The lowest BCUT2D eigenvalue weighted by Gasteiger charge is -2.27. The van der Waals surface area contributed by atoms with Crippen LogP contribution in [0.15, 0.2) is 48.5 Å². The number of anilines is 2. The zero-order chi connectivity index (χ0) is 21.0. The smallest absolute Gasteiger partial charge is 0.310 e. The monoisotopic (exact) mass is 472 g/mol. The Labute approximate surface area is 180 Å². The minimum atomic E-state index is -0.442. The standard InChI is InChI=1S/C22H18BrFN2O4/c23-18-14-9-15-17(22(29)30-19(15)18)16(14)21(28)26-13-3-1-2-10(8-13)20(27)25-12-6-4-11(24)5-7-12/h1-8,14-19H,9H2,(H,25,27)(H,26,28)/t14-,15-,16-,17-,18+,19+/m1/s1. The van der Waals surface area contributed by atoms with Crippen LogP contribution >= 0.6 is 15.9 Å². The van der Waals surface area contributed by atoms with Crippen LogP contribution in [0.4, 0.5) is 15.8 Å². The molecule has 0 aromatic heterocycles. The fraction of sp³-hybridized carbons (Fsp3) is 0.318. The summed E-state index contributed by atoms with van der Waals surface area (Å²) in [5.74, 6) is -1.97. The van der Waals surface area contributed by atoms with E-state index in [-0.39, 0.29) is 46.4 Å². The third-order valence-electron chi connectivity index (χ3n) is 6.32. The predicted octanol–water partition coefficient (Wildman–Crippen LogP) is 3.59. The fourth-order valence-corrected chi connectivity index (χ4v) is 6.08. The molecule has 6 nitrogen and oxygen atoms in total. The minimum Gasteiger partial charge on any atom is -0.461 e. The van der Waals surface area contributed by atoms with Crippen LogP contribution in [-0.2, 0) is 14.3 Å². The summed E-state index contributed by atoms with van der Waals surface area (Å²) < 4.78 is 18.5. The van der Waals surface area contributed by atoms with Crippen LogP contribution in [0.3, 0.4) is 0 Å². The molecule has 2 bridgehead atoms. The fourth-order valence-electron chi connectivity index (χ4n) is 5.03. The summed E-state index contributed by atoms with van der Waals surface area (Å²) in [4.78, 5) is 37.8. The van der Waals surface area contributed by atoms with Crippen molar-refractivity contribution in [2.75, 3.05) is 10.6 Å². The highest BCUT2D eigenvalue weighted by atomic mass is 79.9. The van der Waals surface area contributed by atoms with E-state index >= 15 is 0 Å². The maximum absolute atomic E-state index is 13.0. The predicted molar refractivity (Wildman–Crippen MR) is 111 cm³/mol. The van der Waals surface area contributed by atoms with E-state index in [0.717, 1.165) is 6.42 Å². The van der Waals surface area contributed by atoms with Crippen molar-refractivity contribution in [1.29, 1.82) is 0 Å². The van der Waals surface area contributed by atoms with Crippen LogP contribution in [0, 0.1) is 29.5 Å². The number of fused-ring (bicyclic) bond motifs is 1. The second-order valence-electron chi connectivity index (χ2n) is 7.99. The number of amides is 2. The van der Waals surface area contributed by atoms with Gasteiger partial charge in [-0.1, -0.05) is 22.0 Å². The molecule has 8 heteroatoms. The molecule has 2 aliphatic carbocycles. The lowest BCUT2D eigenvalue weighted by Crippen LogP contribution is -2.40. The zero-order valence-electron chi connectivity index (χ0n) is 15.7. The summed E-state index contributed by atoms with van der Waals surface area (Å²) in [6.45, 7) is 0. The van der Waals surface area contributed by atoms with Crippen LogP contribution in [0.1, 0.15) is 16.8 Å². The Kier molecular flexibility index (Phi) is 4.61. The van der Waals surface area contributed by atoms with Crippen molar-refractivity contribution in [2.45, 2.75) is 17.4 Å². The maximum Gasteiger partial charge on any atom is 0.310 e. The highest BCUT2D eigenvalue weighted by Crippen LogP contribution is 2.60. The molecule has 3 aliphatic rings. The Morgan fingerprint density at radius 2 is 1.80 bits per heavy atom. The molecule has 2 amide bonds. The van der Waals surface area contributed by atoms with Gasteiger partial charge in [0.15, 0.2) is 0 Å². The molecule has 154 valence electrons. The zero-order valence-corrected chi connectivity index (χ0v) is 17.3. The van der Waals surface area contributed by atoms with Gasteiger partial charge in [0.1, 0.15) is 11.9 Å². The van der Waals surface area contributed by atoms with Crippen LogP contribution < -0.4 is 10.6 Å². The van der Waals surface area contributed by atoms with Crippen molar-refractivity contribution >= 4 is 45.1 Å². The minimum absolute atomic E-state index is 0.00577. The van der Waals surface area contributed by atoms with E-state index in [1.54, 1.807) is 24.3 Å². The molecule has 6 atom stereocenters. The Morgan fingerprint density at radius 1 is 1.03 bits per heavy atom. The number of benzene rings is 2. The lowest BCUT2D eigenvalue weighted by molar-refractivity contribution is -0.145. The van der Waals surface area contributed by atoms with E-state index in [1.807, 2.05) is 0 Å². The maximum atomic E-state index is 13.0. The number of hydrogen-bond donors (Lipinski definition) is 2. The lowest BCUT2D eigenvalue weighted by atomic mass is 9.79. The topological polar surface area (TPSA) is 84.5 Å². The van der Waals surface area contributed by atoms with Crippen molar-refractivity contribution < 1.29 is 23.5 Å². The number of hydrogen-bond acceptors (Lipinski definition) is 4. The number of carbonyl (C=O) groups excluding carboxylic acids is 3. The van der Waals surface area contributed by atoms with Gasteiger partial charge in [0, 0.05) is 22.9 Å². The molecule has 0 radical (unpaired) electrons. The summed E-state index contributed by atoms with van der Waals surface area (Å²) in [5.41, 5.74) is 1.29. The molecule has 2 N–H and O–H groups in total. The van der Waals surface area contributed by atoms with Crippen molar-refractivity contribution in [1.82, 2.24) is 0 Å². The average Bonchev–Trinajstić information content (AvgIpc) is 3.34. The Hall–Kier alpha value is -2.74. The summed E-state index contributed by atoms with van der Waals surface area (Å²) >= 11 is 3.60. The average molecular weight is 473 g/mol. The van der Waals surface area contributed by atoms with E-state index < -0.39 is 11.8 Å². The second kappa shape index (κ2) is 7.19. The largest absolute Gasteiger partial charge is 0.461 e. The molecule has 0 unspecified atom stereocenters. The van der Waals surface area contributed by atoms with Crippen LogP contribution in [0.2, 0.25) is 0 Å². The molecule has 30 heavy (non-hydrogen) atoms. The number of esters is 1. The summed E-state index contributed by atoms with van der Waals surface area (Å²) in [5, 5.41) is 5.55. The summed E-state index contributed by atoms with van der Waals surface area (Å²) in [7, 11) is 0. The molecule has 1 aliphatic heterocycles. The van der Waals surface area contributed by atoms with Crippen LogP contribution in [-0.4, -0.2) is 28.7 Å².